The second-order valence-electron chi connectivity index (χ2n) is 6.89. The summed E-state index contributed by atoms with van der Waals surface area (Å²) >= 11 is 0. The van der Waals surface area contributed by atoms with Gasteiger partial charge in [-0.2, -0.15) is 18.4 Å². The molecule has 0 aliphatic heterocycles. The Morgan fingerprint density at radius 2 is 1.82 bits per heavy atom. The lowest BCUT2D eigenvalue weighted by molar-refractivity contribution is -0.136. The predicted molar refractivity (Wildman–Crippen MR) is 76.6 cm³/mol. The molecule has 0 bridgehead atoms. The van der Waals surface area contributed by atoms with Crippen molar-refractivity contribution in [3.63, 3.8) is 0 Å². The number of furan rings is 1. The Kier molecular flexibility index (Phi) is 3.07. The second-order valence-corrected chi connectivity index (χ2v) is 6.89. The lowest BCUT2D eigenvalue weighted by Gasteiger charge is -2.15. The largest absolute Gasteiger partial charge is 0.458 e. The third-order valence-electron chi connectivity index (χ3n) is 3.96. The predicted octanol–water partition coefficient (Wildman–Crippen LogP) is 5.50. The topological polar surface area (TPSA) is 36.9 Å². The molecule has 2 aromatic rings. The highest BCUT2D eigenvalue weighted by Crippen LogP contribution is 2.46. The molecule has 1 aromatic carbocycles. The van der Waals surface area contributed by atoms with Crippen LogP contribution in [0.4, 0.5) is 13.2 Å². The van der Waals surface area contributed by atoms with Crippen LogP contribution >= 0.6 is 0 Å². The minimum atomic E-state index is -4.50. The van der Waals surface area contributed by atoms with Crippen LogP contribution < -0.4 is 0 Å². The van der Waals surface area contributed by atoms with Crippen molar-refractivity contribution < 1.29 is 17.6 Å². The first-order valence-electron chi connectivity index (χ1n) is 7.21. The zero-order valence-corrected chi connectivity index (χ0v) is 12.6. The van der Waals surface area contributed by atoms with Crippen LogP contribution in [0.2, 0.25) is 0 Å². The molecule has 5 heteroatoms. The molecule has 2 nitrogen and oxygen atoms in total. The van der Waals surface area contributed by atoms with Crippen LogP contribution in [-0.2, 0) is 11.6 Å². The van der Waals surface area contributed by atoms with E-state index in [0.29, 0.717) is 11.3 Å². The Morgan fingerprint density at radius 3 is 2.27 bits per heavy atom. The molecule has 0 spiro atoms. The maximum atomic E-state index is 13.4. The van der Waals surface area contributed by atoms with E-state index in [9.17, 15) is 18.4 Å². The number of hydrogen-bond donors (Lipinski definition) is 0. The second kappa shape index (κ2) is 4.52. The van der Waals surface area contributed by atoms with Crippen molar-refractivity contribution >= 4 is 11.0 Å². The monoisotopic (exact) mass is 307 g/mol. The molecule has 0 radical (unpaired) electrons. The fourth-order valence-electron chi connectivity index (χ4n) is 2.72. The maximum absolute atomic E-state index is 13.4. The van der Waals surface area contributed by atoms with Gasteiger partial charge in [0, 0.05) is 10.8 Å². The Hall–Kier alpha value is -1.96. The van der Waals surface area contributed by atoms with Gasteiger partial charge in [-0.15, -0.1) is 0 Å². The average Bonchev–Trinajstić information content (AvgIpc) is 3.15. The summed E-state index contributed by atoms with van der Waals surface area (Å²) in [6.45, 7) is 5.46. The Morgan fingerprint density at radius 1 is 1.18 bits per heavy atom. The summed E-state index contributed by atoms with van der Waals surface area (Å²) in [5.41, 5.74) is -0.669. The normalized spacial score (nSPS) is 16.0. The number of fused-ring (bicyclic) bond motifs is 1. The van der Waals surface area contributed by atoms with Crippen molar-refractivity contribution in [3.05, 3.63) is 34.6 Å². The zero-order chi connectivity index (χ0) is 16.3. The number of nitrogens with zero attached hydrogens (tertiary/aromatic N) is 1. The first kappa shape index (κ1) is 15.0. The van der Waals surface area contributed by atoms with E-state index in [0.717, 1.165) is 12.8 Å². The molecule has 0 unspecified atom stereocenters. The number of rotatable bonds is 1. The summed E-state index contributed by atoms with van der Waals surface area (Å²) in [6, 6.07) is 4.90. The van der Waals surface area contributed by atoms with Gasteiger partial charge in [-0.3, -0.25) is 0 Å². The van der Waals surface area contributed by atoms with Gasteiger partial charge in [-0.1, -0.05) is 20.8 Å². The highest BCUT2D eigenvalue weighted by Gasteiger charge is 2.38. The van der Waals surface area contributed by atoms with Crippen molar-refractivity contribution in [2.24, 2.45) is 0 Å². The minimum absolute atomic E-state index is 0.171. The van der Waals surface area contributed by atoms with Crippen molar-refractivity contribution in [3.8, 4) is 6.07 Å². The lowest BCUT2D eigenvalue weighted by atomic mass is 9.89. The molecule has 22 heavy (non-hydrogen) atoms. The molecule has 1 heterocycles. The minimum Gasteiger partial charge on any atom is -0.458 e. The van der Waals surface area contributed by atoms with Gasteiger partial charge in [0.2, 0.25) is 0 Å². The molecular formula is C17H16F3NO. The molecule has 0 saturated heterocycles. The SMILES string of the molecule is CC(C)(C)c1oc2c(C(F)(F)F)cc(C3CC3)cc2c1C#N. The molecule has 116 valence electrons. The molecular weight excluding hydrogens is 291 g/mol. The van der Waals surface area contributed by atoms with Crippen LogP contribution in [0, 0.1) is 11.3 Å². The van der Waals surface area contributed by atoms with Gasteiger partial charge in [-0.05, 0) is 36.5 Å². The molecule has 1 aliphatic rings. The summed E-state index contributed by atoms with van der Waals surface area (Å²) < 4.78 is 45.7. The van der Waals surface area contributed by atoms with E-state index in [1.54, 1.807) is 6.07 Å². The average molecular weight is 307 g/mol. The number of halogens is 3. The van der Waals surface area contributed by atoms with E-state index >= 15 is 0 Å². The zero-order valence-electron chi connectivity index (χ0n) is 12.6. The quantitative estimate of drug-likeness (QED) is 0.697. The van der Waals surface area contributed by atoms with Crippen molar-refractivity contribution in [2.45, 2.75) is 51.1 Å². The van der Waals surface area contributed by atoms with E-state index in [2.05, 4.69) is 0 Å². The van der Waals surface area contributed by atoms with E-state index in [1.165, 1.54) is 6.07 Å². The summed E-state index contributed by atoms with van der Waals surface area (Å²) in [6.07, 6.45) is -2.70. The molecule has 0 N–H and O–H groups in total. The van der Waals surface area contributed by atoms with Crippen LogP contribution in [-0.4, -0.2) is 0 Å². The van der Waals surface area contributed by atoms with Gasteiger partial charge in [-0.25, -0.2) is 0 Å². The standard InChI is InChI=1S/C17H16F3NO/c1-16(2,3)15-12(8-21)11-6-10(9-4-5-9)7-13(14(11)22-15)17(18,19)20/h6-7,9H,4-5H2,1-3H3. The molecule has 1 aromatic heterocycles. The Bertz CT molecular complexity index is 783. The Balaban J connectivity index is 2.39. The highest BCUT2D eigenvalue weighted by atomic mass is 19.4. The molecule has 3 rings (SSSR count). The fourth-order valence-corrected chi connectivity index (χ4v) is 2.72. The van der Waals surface area contributed by atoms with Crippen LogP contribution in [0.15, 0.2) is 16.5 Å². The van der Waals surface area contributed by atoms with Crippen molar-refractivity contribution in [1.29, 1.82) is 5.26 Å². The summed E-state index contributed by atoms with van der Waals surface area (Å²) in [4.78, 5) is 0. The van der Waals surface area contributed by atoms with E-state index < -0.39 is 17.2 Å². The van der Waals surface area contributed by atoms with Gasteiger partial charge in [0.1, 0.15) is 23.0 Å². The highest BCUT2D eigenvalue weighted by molar-refractivity contribution is 5.89. The maximum Gasteiger partial charge on any atom is 0.420 e. The van der Waals surface area contributed by atoms with Crippen LogP contribution in [0.1, 0.15) is 62.0 Å². The molecule has 0 amide bonds. The molecule has 0 atom stereocenters. The van der Waals surface area contributed by atoms with Crippen LogP contribution in [0.5, 0.6) is 0 Å². The van der Waals surface area contributed by atoms with Crippen molar-refractivity contribution in [1.82, 2.24) is 0 Å². The van der Waals surface area contributed by atoms with Gasteiger partial charge in [0.25, 0.3) is 0 Å². The number of alkyl halides is 3. The van der Waals surface area contributed by atoms with Gasteiger partial charge >= 0.3 is 6.18 Å². The van der Waals surface area contributed by atoms with Crippen LogP contribution in [0.25, 0.3) is 11.0 Å². The number of nitriles is 1. The first-order chi connectivity index (χ1) is 10.1. The first-order valence-corrected chi connectivity index (χ1v) is 7.21. The third-order valence-corrected chi connectivity index (χ3v) is 3.96. The third kappa shape index (κ3) is 2.37. The lowest BCUT2D eigenvalue weighted by Crippen LogP contribution is -2.11. The summed E-state index contributed by atoms with van der Waals surface area (Å²) in [5, 5.41) is 9.70. The fraction of sp³-hybridized carbons (Fsp3) is 0.471. The molecule has 1 saturated carbocycles. The van der Waals surface area contributed by atoms with E-state index in [1.807, 2.05) is 26.8 Å². The van der Waals surface area contributed by atoms with E-state index in [4.69, 9.17) is 4.42 Å². The van der Waals surface area contributed by atoms with Gasteiger partial charge in [0.15, 0.2) is 0 Å². The summed E-state index contributed by atoms with van der Waals surface area (Å²) in [5.74, 6) is 0.480. The van der Waals surface area contributed by atoms with Crippen LogP contribution in [0.3, 0.4) is 0 Å². The Labute approximate surface area is 126 Å². The van der Waals surface area contributed by atoms with Gasteiger partial charge in [0.05, 0.1) is 5.56 Å². The van der Waals surface area contributed by atoms with Crippen molar-refractivity contribution in [2.75, 3.05) is 0 Å². The molecule has 1 aliphatic carbocycles. The summed E-state index contributed by atoms with van der Waals surface area (Å²) in [7, 11) is 0. The smallest absolute Gasteiger partial charge is 0.420 e. The number of benzene rings is 1. The van der Waals surface area contributed by atoms with Gasteiger partial charge < -0.3 is 4.42 Å². The number of hydrogen-bond acceptors (Lipinski definition) is 2. The molecule has 1 fully saturated rings. The van der Waals surface area contributed by atoms with E-state index in [-0.39, 0.29) is 22.5 Å².